The van der Waals surface area contributed by atoms with Crippen molar-refractivity contribution in [3.05, 3.63) is 88.9 Å². The van der Waals surface area contributed by atoms with Crippen LogP contribution in [0.5, 0.6) is 0 Å². The first kappa shape index (κ1) is 36.1. The fourth-order valence-corrected chi connectivity index (χ4v) is 10.8. The van der Waals surface area contributed by atoms with Crippen molar-refractivity contribution in [2.75, 3.05) is 0 Å². The van der Waals surface area contributed by atoms with Crippen molar-refractivity contribution < 1.29 is 0 Å². The number of thiophene rings is 4. The summed E-state index contributed by atoms with van der Waals surface area (Å²) in [5, 5.41) is 4.48. The zero-order valence-electron chi connectivity index (χ0n) is 29.3. The molecule has 0 amide bonds. The lowest BCUT2D eigenvalue weighted by Gasteiger charge is -2.03. The fourth-order valence-electron chi connectivity index (χ4n) is 6.26. The third-order valence-electron chi connectivity index (χ3n) is 9.16. The van der Waals surface area contributed by atoms with Crippen molar-refractivity contribution in [1.82, 2.24) is 8.75 Å². The second kappa shape index (κ2) is 18.0. The van der Waals surface area contributed by atoms with Crippen molar-refractivity contribution >= 4 is 92.4 Å². The van der Waals surface area contributed by atoms with Gasteiger partial charge in [-0.25, -0.2) is 0 Å². The van der Waals surface area contributed by atoms with Gasteiger partial charge in [0.05, 0.1) is 11.7 Å². The van der Waals surface area contributed by atoms with Crippen LogP contribution in [0.2, 0.25) is 0 Å². The third-order valence-corrected chi connectivity index (χ3v) is 13.9. The summed E-state index contributed by atoms with van der Waals surface area (Å²) in [6.45, 7) is 9.11. The highest BCUT2D eigenvalue weighted by Crippen LogP contribution is 2.42. The van der Waals surface area contributed by atoms with Crippen LogP contribution < -0.4 is 0 Å². The quantitative estimate of drug-likeness (QED) is 0.0877. The Labute approximate surface area is 313 Å². The first-order valence-corrected chi connectivity index (χ1v) is 22.3. The van der Waals surface area contributed by atoms with Crippen LogP contribution in [0.4, 0.5) is 0 Å². The van der Waals surface area contributed by atoms with Gasteiger partial charge in [-0.15, -0.1) is 45.3 Å². The molecule has 0 saturated heterocycles. The van der Waals surface area contributed by atoms with Gasteiger partial charge in [-0.3, -0.25) is 0 Å². The number of rotatable bonds is 18. The molecule has 0 saturated carbocycles. The second-order valence-corrected chi connectivity index (χ2v) is 17.4. The summed E-state index contributed by atoms with van der Waals surface area (Å²) >= 11 is 8.86. The molecule has 0 aliphatic rings. The maximum Gasteiger partial charge on any atom is 0.114 e. The predicted octanol–water partition coefficient (Wildman–Crippen LogP) is 15.0. The molecule has 0 fully saturated rings. The van der Waals surface area contributed by atoms with Crippen molar-refractivity contribution in [1.29, 1.82) is 0 Å². The largest absolute Gasteiger partial charge is 0.172 e. The lowest BCUT2D eigenvalue weighted by Crippen LogP contribution is -1.85. The number of benzene rings is 1. The second-order valence-electron chi connectivity index (χ2n) is 12.8. The average Bonchev–Trinajstić information content (AvgIpc) is 3.96. The van der Waals surface area contributed by atoms with E-state index in [2.05, 4.69) is 99.2 Å². The molecule has 2 nitrogen and oxygen atoms in total. The summed E-state index contributed by atoms with van der Waals surface area (Å²) < 4.78 is 9.81. The molecule has 49 heavy (non-hydrogen) atoms. The molecule has 1 aromatic carbocycles. The van der Waals surface area contributed by atoms with Gasteiger partial charge in [-0.1, -0.05) is 65.5 Å². The summed E-state index contributed by atoms with van der Waals surface area (Å²) in [7, 11) is 0. The van der Waals surface area contributed by atoms with Crippen molar-refractivity contribution in [2.45, 2.75) is 105 Å². The molecule has 7 heteroatoms. The highest BCUT2D eigenvalue weighted by atomic mass is 32.1. The van der Waals surface area contributed by atoms with Gasteiger partial charge in [0.1, 0.15) is 11.0 Å². The van der Waals surface area contributed by atoms with Crippen LogP contribution in [0.3, 0.4) is 0 Å². The van der Waals surface area contributed by atoms with E-state index in [1.807, 2.05) is 45.3 Å². The molecule has 0 aliphatic carbocycles. The number of hydrogen-bond donors (Lipinski definition) is 0. The molecule has 5 heterocycles. The van der Waals surface area contributed by atoms with E-state index in [9.17, 15) is 0 Å². The minimum absolute atomic E-state index is 1.03. The van der Waals surface area contributed by atoms with Crippen LogP contribution in [0.15, 0.2) is 47.2 Å². The van der Waals surface area contributed by atoms with E-state index in [0.717, 1.165) is 36.7 Å². The molecule has 0 atom stereocenters. The van der Waals surface area contributed by atoms with E-state index in [-0.39, 0.29) is 0 Å². The minimum Gasteiger partial charge on any atom is -0.172 e. The lowest BCUT2D eigenvalue weighted by molar-refractivity contribution is 0.796. The summed E-state index contributed by atoms with van der Waals surface area (Å²) in [5.74, 6) is 0. The maximum absolute atomic E-state index is 4.90. The smallest absolute Gasteiger partial charge is 0.114 e. The number of nitrogens with zero attached hydrogens (tertiary/aromatic N) is 2. The third kappa shape index (κ3) is 8.80. The SMILES string of the molecule is CCCCc1ccsc1/C=C/c1sc(-c2ccc(-c3cc(CCCC)c(/C=C/c4sccc4CCCC)s3)c3nsnc23)cc1CCCC. The van der Waals surface area contributed by atoms with Crippen LogP contribution in [-0.4, -0.2) is 8.75 Å². The Morgan fingerprint density at radius 3 is 1.29 bits per heavy atom. The standard InChI is InChI=1S/C42H48N2S5/c1-5-9-13-29-23-25-45-35(29)19-21-37-31(15-11-7-3)27-39(47-37)33-17-18-34(42-41(33)43-49-44-42)40-28-32(16-12-8-4)38(48-40)22-20-36-30(14-10-6-2)24-26-46-36/h17-28H,5-16H2,1-4H3/b21-19+,22-20+. The summed E-state index contributed by atoms with van der Waals surface area (Å²) in [6, 6.07) is 14.1. The van der Waals surface area contributed by atoms with Crippen molar-refractivity contribution in [3.8, 4) is 20.9 Å². The fraction of sp³-hybridized carbons (Fsp3) is 0.381. The number of aromatic nitrogens is 2. The van der Waals surface area contributed by atoms with Gasteiger partial charge in [0.15, 0.2) is 0 Å². The molecule has 6 rings (SSSR count). The highest BCUT2D eigenvalue weighted by molar-refractivity contribution is 7.17. The van der Waals surface area contributed by atoms with E-state index in [0.29, 0.717) is 0 Å². The number of unbranched alkanes of at least 4 members (excludes halogenated alkanes) is 4. The molecular formula is C42H48N2S5. The van der Waals surface area contributed by atoms with Gasteiger partial charge in [-0.2, -0.15) is 8.75 Å². The first-order valence-electron chi connectivity index (χ1n) is 18.1. The van der Waals surface area contributed by atoms with E-state index >= 15 is 0 Å². The van der Waals surface area contributed by atoms with Gasteiger partial charge in [-0.05, 0) is 133 Å². The normalized spacial score (nSPS) is 12.1. The van der Waals surface area contributed by atoms with Crippen LogP contribution in [0.25, 0.3) is 56.2 Å². The van der Waals surface area contributed by atoms with Crippen molar-refractivity contribution in [3.63, 3.8) is 0 Å². The lowest BCUT2D eigenvalue weighted by atomic mass is 10.0. The highest BCUT2D eigenvalue weighted by Gasteiger charge is 2.19. The topological polar surface area (TPSA) is 25.8 Å². The van der Waals surface area contributed by atoms with Gasteiger partial charge in [0.25, 0.3) is 0 Å². The number of aryl methyl sites for hydroxylation is 4. The molecule has 0 unspecified atom stereocenters. The monoisotopic (exact) mass is 740 g/mol. The molecule has 5 aromatic heterocycles. The van der Waals surface area contributed by atoms with E-state index in [4.69, 9.17) is 8.75 Å². The van der Waals surface area contributed by atoms with Crippen LogP contribution >= 0.6 is 57.1 Å². The van der Waals surface area contributed by atoms with Gasteiger partial charge in [0.2, 0.25) is 0 Å². The van der Waals surface area contributed by atoms with Crippen LogP contribution in [0.1, 0.15) is 121 Å². The Bertz CT molecular complexity index is 1850. The van der Waals surface area contributed by atoms with Crippen LogP contribution in [0, 0.1) is 0 Å². The molecule has 0 aliphatic heterocycles. The molecule has 0 N–H and O–H groups in total. The molecule has 0 radical (unpaired) electrons. The molecule has 0 spiro atoms. The van der Waals surface area contributed by atoms with Crippen LogP contribution in [-0.2, 0) is 25.7 Å². The Kier molecular flexibility index (Phi) is 13.3. The Morgan fingerprint density at radius 2 is 0.878 bits per heavy atom. The summed E-state index contributed by atoms with van der Waals surface area (Å²) in [4.78, 5) is 8.13. The first-order chi connectivity index (χ1) is 24.1. The van der Waals surface area contributed by atoms with Gasteiger partial charge < -0.3 is 0 Å². The predicted molar refractivity (Wildman–Crippen MR) is 225 cm³/mol. The molecule has 6 aromatic rings. The van der Waals surface area contributed by atoms with Crippen molar-refractivity contribution in [2.24, 2.45) is 0 Å². The molecular weight excluding hydrogens is 693 g/mol. The molecule has 0 bridgehead atoms. The Balaban J connectivity index is 1.33. The zero-order chi connectivity index (χ0) is 34.0. The number of hydrogen-bond acceptors (Lipinski definition) is 7. The Hall–Kier alpha value is -2.68. The molecule has 256 valence electrons. The summed E-state index contributed by atoms with van der Waals surface area (Å²) in [5.41, 5.74) is 10.3. The maximum atomic E-state index is 4.90. The number of fused-ring (bicyclic) bond motifs is 1. The van der Waals surface area contributed by atoms with E-state index in [1.165, 1.54) is 126 Å². The van der Waals surface area contributed by atoms with E-state index in [1.54, 1.807) is 0 Å². The van der Waals surface area contributed by atoms with Gasteiger partial charge >= 0.3 is 0 Å². The minimum atomic E-state index is 1.03. The summed E-state index contributed by atoms with van der Waals surface area (Å²) in [6.07, 6.45) is 23.7. The van der Waals surface area contributed by atoms with E-state index < -0.39 is 0 Å². The van der Waals surface area contributed by atoms with Gasteiger partial charge in [0, 0.05) is 40.4 Å². The zero-order valence-corrected chi connectivity index (χ0v) is 33.4. The Morgan fingerprint density at radius 1 is 0.490 bits per heavy atom. The average molecular weight is 741 g/mol.